The lowest BCUT2D eigenvalue weighted by atomic mass is 9.81. The molecule has 1 unspecified atom stereocenters. The molecule has 198 valence electrons. The number of hydrogen-bond acceptors (Lipinski definition) is 10. The molecule has 2 heterocycles. The lowest BCUT2D eigenvalue weighted by Gasteiger charge is -2.36. The van der Waals surface area contributed by atoms with Gasteiger partial charge in [0, 0.05) is 6.07 Å². The van der Waals surface area contributed by atoms with Crippen molar-refractivity contribution >= 4 is 29.2 Å². The molecule has 0 bridgehead atoms. The van der Waals surface area contributed by atoms with Gasteiger partial charge in [0.05, 0.1) is 62.1 Å². The average molecular weight is 529 g/mol. The summed E-state index contributed by atoms with van der Waals surface area (Å²) in [6, 6.07) is 18.4. The van der Waals surface area contributed by atoms with E-state index in [1.165, 1.54) is 49.6 Å². The number of esters is 2. The molecule has 1 aliphatic heterocycles. The van der Waals surface area contributed by atoms with Crippen LogP contribution in [0.3, 0.4) is 0 Å². The summed E-state index contributed by atoms with van der Waals surface area (Å²) in [5, 5.41) is 12.8. The van der Waals surface area contributed by atoms with Crippen molar-refractivity contribution in [1.82, 2.24) is 0 Å². The minimum Gasteiger partial charge on any atom is -0.494 e. The van der Waals surface area contributed by atoms with Gasteiger partial charge in [0.1, 0.15) is 17.3 Å². The first-order valence-corrected chi connectivity index (χ1v) is 11.5. The first-order valence-electron chi connectivity index (χ1n) is 11.5. The first kappa shape index (κ1) is 26.6. The topological polar surface area (TPSA) is 157 Å². The summed E-state index contributed by atoms with van der Waals surface area (Å²) < 4.78 is 20.7. The van der Waals surface area contributed by atoms with Crippen LogP contribution in [0.15, 0.2) is 94.0 Å². The van der Waals surface area contributed by atoms with Crippen LogP contribution in [0.25, 0.3) is 0 Å². The molecule has 0 aliphatic carbocycles. The number of nitrogens with one attached hydrogen (secondary N) is 1. The molecule has 2 aromatic carbocycles. The van der Waals surface area contributed by atoms with Gasteiger partial charge < -0.3 is 29.7 Å². The second-order valence-electron chi connectivity index (χ2n) is 8.15. The number of ether oxygens (including phenoxy) is 3. The van der Waals surface area contributed by atoms with E-state index in [1.54, 1.807) is 36.4 Å². The largest absolute Gasteiger partial charge is 0.494 e. The van der Waals surface area contributed by atoms with Crippen LogP contribution in [0.5, 0.6) is 5.75 Å². The van der Waals surface area contributed by atoms with Gasteiger partial charge in [-0.3, -0.25) is 9.69 Å². The minimum absolute atomic E-state index is 0.0171. The fraction of sp³-hybridized carbons (Fsp3) is 0.143. The van der Waals surface area contributed by atoms with E-state index in [0.29, 0.717) is 11.3 Å². The Morgan fingerprint density at radius 2 is 1.72 bits per heavy atom. The molecule has 1 aromatic heterocycles. The number of rotatable bonds is 7. The van der Waals surface area contributed by atoms with E-state index < -0.39 is 23.8 Å². The zero-order valence-electron chi connectivity index (χ0n) is 21.3. The van der Waals surface area contributed by atoms with Crippen molar-refractivity contribution in [1.29, 1.82) is 5.26 Å². The molecule has 1 atom stereocenters. The van der Waals surface area contributed by atoms with E-state index in [-0.39, 0.29) is 39.9 Å². The predicted molar refractivity (Wildman–Crippen MR) is 139 cm³/mol. The number of nitrogens with zero attached hydrogens (tertiary/aromatic N) is 2. The molecule has 3 N–H and O–H groups in total. The number of methoxy groups -OCH3 is 3. The van der Waals surface area contributed by atoms with Crippen LogP contribution in [0.1, 0.15) is 22.0 Å². The molecule has 1 amide bonds. The molecule has 3 aromatic rings. The van der Waals surface area contributed by atoms with Gasteiger partial charge >= 0.3 is 11.9 Å². The fourth-order valence-corrected chi connectivity index (χ4v) is 4.30. The number of hydrogen-bond donors (Lipinski definition) is 2. The molecular weight excluding hydrogens is 504 g/mol. The third-order valence-electron chi connectivity index (χ3n) is 6.05. The van der Waals surface area contributed by atoms with Crippen molar-refractivity contribution in [3.63, 3.8) is 0 Å². The monoisotopic (exact) mass is 528 g/mol. The standard InChI is InChI=1S/C28H24N4O7/c1-36-21-14-17(11-12-19(21)31-26(33)20-10-7-13-39-20)32-24(28(35)38-3)23(27(34)37-2)22(18(15-29)25(32)30)16-8-5-4-6-9-16/h4-14,22H,30H2,1-3H3,(H,31,33). The van der Waals surface area contributed by atoms with E-state index >= 15 is 0 Å². The Balaban J connectivity index is 1.91. The maximum Gasteiger partial charge on any atom is 0.355 e. The van der Waals surface area contributed by atoms with Gasteiger partial charge in [-0.05, 0) is 29.8 Å². The number of nitriles is 1. The Hall–Kier alpha value is -5.50. The van der Waals surface area contributed by atoms with Crippen molar-refractivity contribution in [3.8, 4) is 11.8 Å². The van der Waals surface area contributed by atoms with Gasteiger partial charge in [-0.2, -0.15) is 5.26 Å². The SMILES string of the molecule is COC(=O)C1=C(C(=O)OC)N(c2ccc(NC(=O)c3ccco3)c(OC)c2)C(N)=C(C#N)C1c1ccccc1. The molecule has 39 heavy (non-hydrogen) atoms. The summed E-state index contributed by atoms with van der Waals surface area (Å²) in [6.07, 6.45) is 1.37. The van der Waals surface area contributed by atoms with Crippen molar-refractivity contribution in [2.24, 2.45) is 5.73 Å². The second-order valence-corrected chi connectivity index (χ2v) is 8.15. The quantitative estimate of drug-likeness (QED) is 0.435. The second kappa shape index (κ2) is 11.3. The highest BCUT2D eigenvalue weighted by Crippen LogP contribution is 2.44. The number of anilines is 2. The van der Waals surface area contributed by atoms with E-state index in [4.69, 9.17) is 24.4 Å². The zero-order chi connectivity index (χ0) is 28.1. The lowest BCUT2D eigenvalue weighted by Crippen LogP contribution is -2.40. The van der Waals surface area contributed by atoms with Gasteiger partial charge in [-0.15, -0.1) is 0 Å². The molecular formula is C28H24N4O7. The molecule has 0 spiro atoms. The normalized spacial score (nSPS) is 14.9. The highest BCUT2D eigenvalue weighted by atomic mass is 16.5. The minimum atomic E-state index is -0.997. The summed E-state index contributed by atoms with van der Waals surface area (Å²) in [4.78, 5) is 40.1. The van der Waals surface area contributed by atoms with Crippen LogP contribution in [0.4, 0.5) is 11.4 Å². The summed E-state index contributed by atoms with van der Waals surface area (Å²) in [6.45, 7) is 0. The highest BCUT2D eigenvalue weighted by Gasteiger charge is 2.43. The third-order valence-corrected chi connectivity index (χ3v) is 6.05. The molecule has 1 aliphatic rings. The molecule has 11 nitrogen and oxygen atoms in total. The summed E-state index contributed by atoms with van der Waals surface area (Å²) >= 11 is 0. The molecule has 0 radical (unpaired) electrons. The van der Waals surface area contributed by atoms with E-state index in [1.807, 2.05) is 0 Å². The number of carbonyl (C=O) groups excluding carboxylic acids is 3. The maximum atomic E-state index is 13.2. The predicted octanol–water partition coefficient (Wildman–Crippen LogP) is 3.44. The van der Waals surface area contributed by atoms with Crippen LogP contribution >= 0.6 is 0 Å². The van der Waals surface area contributed by atoms with Crippen LogP contribution in [0.2, 0.25) is 0 Å². The van der Waals surface area contributed by atoms with E-state index in [9.17, 15) is 19.6 Å². The Bertz CT molecular complexity index is 1520. The third kappa shape index (κ3) is 4.91. The van der Waals surface area contributed by atoms with Crippen molar-refractivity contribution in [3.05, 3.63) is 101 Å². The van der Waals surface area contributed by atoms with Gasteiger partial charge in [0.2, 0.25) is 0 Å². The van der Waals surface area contributed by atoms with E-state index in [2.05, 4.69) is 11.4 Å². The fourth-order valence-electron chi connectivity index (χ4n) is 4.30. The molecule has 0 saturated carbocycles. The maximum absolute atomic E-state index is 13.2. The number of nitrogens with two attached hydrogens (primary N) is 1. The van der Waals surface area contributed by atoms with Crippen LogP contribution in [-0.2, 0) is 19.1 Å². The van der Waals surface area contributed by atoms with Gasteiger partial charge in [-0.1, -0.05) is 30.3 Å². The van der Waals surface area contributed by atoms with E-state index in [0.717, 1.165) is 7.11 Å². The van der Waals surface area contributed by atoms with Gasteiger partial charge in [0.25, 0.3) is 5.91 Å². The van der Waals surface area contributed by atoms with Gasteiger partial charge in [-0.25, -0.2) is 9.59 Å². The molecule has 4 rings (SSSR count). The van der Waals surface area contributed by atoms with Crippen LogP contribution in [-0.4, -0.2) is 39.2 Å². The summed E-state index contributed by atoms with van der Waals surface area (Å²) in [5.41, 5.74) is 7.27. The highest BCUT2D eigenvalue weighted by molar-refractivity contribution is 6.07. The van der Waals surface area contributed by atoms with Crippen molar-refractivity contribution in [2.45, 2.75) is 5.92 Å². The molecule has 0 fully saturated rings. The Labute approximate surface area is 223 Å². The molecule has 11 heteroatoms. The number of carbonyl (C=O) groups is 3. The number of furan rings is 1. The van der Waals surface area contributed by atoms with Crippen LogP contribution in [0, 0.1) is 11.3 Å². The zero-order valence-corrected chi connectivity index (χ0v) is 21.3. The Morgan fingerprint density at radius 1 is 1.00 bits per heavy atom. The average Bonchev–Trinajstić information content (AvgIpc) is 3.52. The Morgan fingerprint density at radius 3 is 2.31 bits per heavy atom. The number of allylic oxidation sites excluding steroid dienone is 1. The first-order chi connectivity index (χ1) is 18.9. The van der Waals surface area contributed by atoms with Crippen LogP contribution < -0.4 is 20.7 Å². The van der Waals surface area contributed by atoms with Crippen molar-refractivity contribution < 1.29 is 33.0 Å². The smallest absolute Gasteiger partial charge is 0.355 e. The molecule has 0 saturated heterocycles. The van der Waals surface area contributed by atoms with Gasteiger partial charge in [0.15, 0.2) is 5.76 Å². The number of amides is 1. The summed E-state index contributed by atoms with van der Waals surface area (Å²) in [7, 11) is 3.72. The van der Waals surface area contributed by atoms with Crippen molar-refractivity contribution in [2.75, 3.05) is 31.5 Å². The summed E-state index contributed by atoms with van der Waals surface area (Å²) in [5.74, 6) is -3.05. The lowest BCUT2D eigenvalue weighted by molar-refractivity contribution is -0.139. The Kier molecular flexibility index (Phi) is 7.67. The number of benzene rings is 2.